The van der Waals surface area contributed by atoms with E-state index in [0.717, 1.165) is 6.07 Å². The third-order valence-electron chi connectivity index (χ3n) is 2.73. The number of aliphatic imine (C=N–C) groups is 1. The van der Waals surface area contributed by atoms with Crippen molar-refractivity contribution in [3.05, 3.63) is 29.3 Å². The number of hydrogen-bond acceptors (Lipinski definition) is 1. The molecule has 1 aliphatic rings. The summed E-state index contributed by atoms with van der Waals surface area (Å²) < 4.78 is 38.6. The molecule has 0 aliphatic carbocycles. The first-order chi connectivity index (χ1) is 9.38. The normalized spacial score (nSPS) is 14.5. The fourth-order valence-corrected chi connectivity index (χ4v) is 1.81. The van der Waals surface area contributed by atoms with Gasteiger partial charge in [-0.3, -0.25) is 0 Å². The highest BCUT2D eigenvalue weighted by Crippen LogP contribution is 2.36. The summed E-state index contributed by atoms with van der Waals surface area (Å²) in [5.41, 5.74) is -0.841. The Morgan fingerprint density at radius 1 is 1.30 bits per heavy atom. The van der Waals surface area contributed by atoms with Crippen LogP contribution in [0.2, 0.25) is 0 Å². The molecule has 108 valence electrons. The van der Waals surface area contributed by atoms with Crippen molar-refractivity contribution in [2.75, 3.05) is 18.4 Å². The van der Waals surface area contributed by atoms with E-state index in [9.17, 15) is 18.0 Å². The highest BCUT2D eigenvalue weighted by Gasteiger charge is 2.34. The zero-order valence-corrected chi connectivity index (χ0v) is 10.6. The number of hydrogen-bond donors (Lipinski definition) is 3. The number of anilines is 1. The van der Waals surface area contributed by atoms with Crippen molar-refractivity contribution in [2.45, 2.75) is 13.1 Å². The van der Waals surface area contributed by atoms with Gasteiger partial charge in [-0.05, 0) is 18.6 Å². The molecular weight excluding hydrogens is 273 g/mol. The molecule has 1 aliphatic heterocycles. The molecule has 8 heteroatoms. The molecule has 2 amide bonds. The van der Waals surface area contributed by atoms with Crippen molar-refractivity contribution in [3.63, 3.8) is 0 Å². The zero-order valence-electron chi connectivity index (χ0n) is 10.6. The maximum absolute atomic E-state index is 12.9. The number of carbonyl (C=O) groups excluding carboxylic acids is 1. The number of carbonyl (C=O) groups is 1. The van der Waals surface area contributed by atoms with Crippen LogP contribution in [0.15, 0.2) is 23.2 Å². The lowest BCUT2D eigenvalue weighted by atomic mass is 10.1. The molecule has 0 aromatic heterocycles. The smallest absolute Gasteiger partial charge is 0.354 e. The zero-order chi connectivity index (χ0) is 14.8. The maximum atomic E-state index is 12.9. The van der Waals surface area contributed by atoms with Crippen LogP contribution in [-0.4, -0.2) is 25.1 Å². The average molecular weight is 286 g/mol. The summed E-state index contributed by atoms with van der Waals surface area (Å²) >= 11 is 0. The van der Waals surface area contributed by atoms with Crippen LogP contribution >= 0.6 is 0 Å². The number of alkyl halides is 3. The number of aryl methyl sites for hydroxylation is 1. The van der Waals surface area contributed by atoms with Crippen LogP contribution in [0.3, 0.4) is 0 Å². The first-order valence-electron chi connectivity index (χ1n) is 5.92. The predicted molar refractivity (Wildman–Crippen MR) is 68.6 cm³/mol. The Labute approximate surface area is 113 Å². The number of amides is 2. The van der Waals surface area contributed by atoms with Crippen molar-refractivity contribution in [1.29, 1.82) is 0 Å². The molecule has 20 heavy (non-hydrogen) atoms. The number of guanidine groups is 1. The van der Waals surface area contributed by atoms with Crippen LogP contribution in [0.1, 0.15) is 11.1 Å². The van der Waals surface area contributed by atoms with Gasteiger partial charge in [0.05, 0.1) is 11.3 Å². The minimum Gasteiger partial charge on any atom is -0.354 e. The van der Waals surface area contributed by atoms with E-state index in [4.69, 9.17) is 0 Å². The molecule has 0 saturated carbocycles. The molecule has 2 rings (SSSR count). The average Bonchev–Trinajstić information content (AvgIpc) is 2.83. The van der Waals surface area contributed by atoms with Gasteiger partial charge in [-0.15, -0.1) is 0 Å². The van der Waals surface area contributed by atoms with Gasteiger partial charge in [-0.2, -0.15) is 18.2 Å². The van der Waals surface area contributed by atoms with Gasteiger partial charge in [0, 0.05) is 13.1 Å². The minimum absolute atomic E-state index is 0.254. The van der Waals surface area contributed by atoms with E-state index >= 15 is 0 Å². The monoisotopic (exact) mass is 286 g/mol. The Kier molecular flexibility index (Phi) is 3.82. The molecular formula is C12H13F3N4O. The van der Waals surface area contributed by atoms with Crippen LogP contribution in [-0.2, 0) is 6.18 Å². The molecule has 1 aromatic rings. The molecule has 5 nitrogen and oxygen atoms in total. The van der Waals surface area contributed by atoms with Gasteiger partial charge in [0.15, 0.2) is 0 Å². The molecule has 1 aromatic carbocycles. The Morgan fingerprint density at radius 2 is 1.95 bits per heavy atom. The second kappa shape index (κ2) is 5.40. The van der Waals surface area contributed by atoms with Crippen molar-refractivity contribution in [1.82, 2.24) is 10.6 Å². The fraction of sp³-hybridized carbons (Fsp3) is 0.333. The molecule has 0 unspecified atom stereocenters. The number of para-hydroxylation sites is 1. The van der Waals surface area contributed by atoms with Crippen molar-refractivity contribution in [3.8, 4) is 0 Å². The highest BCUT2D eigenvalue weighted by atomic mass is 19.4. The summed E-state index contributed by atoms with van der Waals surface area (Å²) in [5.74, 6) is 0.254. The number of halogens is 3. The Hall–Kier alpha value is -2.25. The van der Waals surface area contributed by atoms with Gasteiger partial charge in [-0.25, -0.2) is 4.79 Å². The van der Waals surface area contributed by atoms with E-state index in [2.05, 4.69) is 20.9 Å². The Morgan fingerprint density at radius 3 is 2.55 bits per heavy atom. The third kappa shape index (κ3) is 3.19. The van der Waals surface area contributed by atoms with Gasteiger partial charge >= 0.3 is 12.2 Å². The van der Waals surface area contributed by atoms with Gasteiger partial charge in [0.2, 0.25) is 5.96 Å². The second-order valence-corrected chi connectivity index (χ2v) is 4.24. The standard InChI is InChI=1S/C12H13F3N4O/c1-7-3-2-4-8(12(13,14)15)9(7)18-11(20)19-10-16-5-6-17-10/h2-4H,5-6H2,1H3,(H3,16,17,18,19,20). The van der Waals surface area contributed by atoms with Crippen molar-refractivity contribution in [2.24, 2.45) is 4.99 Å². The Balaban J connectivity index is 2.24. The molecule has 1 fully saturated rings. The molecule has 0 bridgehead atoms. The number of nitrogens with zero attached hydrogens (tertiary/aromatic N) is 1. The quantitative estimate of drug-likeness (QED) is 0.740. The summed E-state index contributed by atoms with van der Waals surface area (Å²) in [6, 6.07) is 2.84. The van der Waals surface area contributed by atoms with E-state index in [-0.39, 0.29) is 11.6 Å². The van der Waals surface area contributed by atoms with E-state index < -0.39 is 17.8 Å². The minimum atomic E-state index is -4.54. The van der Waals surface area contributed by atoms with Gasteiger partial charge in [0.1, 0.15) is 0 Å². The van der Waals surface area contributed by atoms with Crippen LogP contribution in [0.4, 0.5) is 23.7 Å². The number of urea groups is 1. The molecule has 3 N–H and O–H groups in total. The molecule has 0 radical (unpaired) electrons. The lowest BCUT2D eigenvalue weighted by Crippen LogP contribution is -2.26. The van der Waals surface area contributed by atoms with E-state index in [1.54, 1.807) is 0 Å². The Bertz CT molecular complexity index is 546. The second-order valence-electron chi connectivity index (χ2n) is 4.24. The molecule has 0 spiro atoms. The van der Waals surface area contributed by atoms with Crippen LogP contribution in [0, 0.1) is 6.92 Å². The van der Waals surface area contributed by atoms with E-state index in [1.165, 1.54) is 19.1 Å². The van der Waals surface area contributed by atoms with Crippen LogP contribution < -0.4 is 16.0 Å². The SMILES string of the molecule is Cc1cccc(C(F)(F)F)c1NC(=O)N=C1NCCN1. The summed E-state index contributed by atoms with van der Waals surface area (Å²) in [6.07, 6.45) is -4.54. The highest BCUT2D eigenvalue weighted by molar-refractivity contribution is 6.00. The summed E-state index contributed by atoms with van der Waals surface area (Å²) in [4.78, 5) is 15.3. The molecule has 0 atom stereocenters. The molecule has 1 saturated heterocycles. The fourth-order valence-electron chi connectivity index (χ4n) is 1.81. The van der Waals surface area contributed by atoms with Crippen LogP contribution in [0.5, 0.6) is 0 Å². The number of nitrogens with one attached hydrogen (secondary N) is 3. The topological polar surface area (TPSA) is 65.5 Å². The first kappa shape index (κ1) is 14.2. The molecule has 1 heterocycles. The number of rotatable bonds is 1. The summed E-state index contributed by atoms with van der Waals surface area (Å²) in [6.45, 7) is 2.72. The van der Waals surface area contributed by atoms with Gasteiger partial charge in [-0.1, -0.05) is 12.1 Å². The van der Waals surface area contributed by atoms with Crippen molar-refractivity contribution < 1.29 is 18.0 Å². The first-order valence-corrected chi connectivity index (χ1v) is 5.92. The lowest BCUT2D eigenvalue weighted by molar-refractivity contribution is -0.136. The maximum Gasteiger partial charge on any atom is 0.418 e. The third-order valence-corrected chi connectivity index (χ3v) is 2.73. The largest absolute Gasteiger partial charge is 0.418 e. The van der Waals surface area contributed by atoms with Crippen molar-refractivity contribution >= 4 is 17.7 Å². The van der Waals surface area contributed by atoms with Gasteiger partial charge < -0.3 is 16.0 Å². The summed E-state index contributed by atoms with van der Waals surface area (Å²) in [5, 5.41) is 7.76. The lowest BCUT2D eigenvalue weighted by Gasteiger charge is -2.15. The number of benzene rings is 1. The van der Waals surface area contributed by atoms with Gasteiger partial charge in [0.25, 0.3) is 0 Å². The van der Waals surface area contributed by atoms with Crippen LogP contribution in [0.25, 0.3) is 0 Å². The van der Waals surface area contributed by atoms with E-state index in [0.29, 0.717) is 18.7 Å². The predicted octanol–water partition coefficient (Wildman–Crippen LogP) is 2.09. The summed E-state index contributed by atoms with van der Waals surface area (Å²) in [7, 11) is 0. The van der Waals surface area contributed by atoms with E-state index in [1.807, 2.05) is 0 Å².